The number of methoxy groups -OCH3 is 1. The number of benzene rings is 1. The first kappa shape index (κ1) is 13.9. The minimum Gasteiger partial charge on any atom is -0.496 e. The maximum atomic E-state index is 11.1. The van der Waals surface area contributed by atoms with Crippen LogP contribution in [0.15, 0.2) is 18.2 Å². The topological polar surface area (TPSA) is 64.4 Å². The summed E-state index contributed by atoms with van der Waals surface area (Å²) in [7, 11) is 3.28. The molecule has 0 fully saturated rings. The van der Waals surface area contributed by atoms with Crippen LogP contribution in [0, 0.1) is 0 Å². The Kier molecular flexibility index (Phi) is 5.86. The highest BCUT2D eigenvalue weighted by molar-refractivity contribution is 7.99. The van der Waals surface area contributed by atoms with Crippen molar-refractivity contribution in [1.82, 2.24) is 5.32 Å². The Morgan fingerprint density at radius 1 is 1.53 bits per heavy atom. The van der Waals surface area contributed by atoms with Crippen molar-refractivity contribution in [2.75, 3.05) is 19.9 Å². The Hall–Kier alpha value is -1.20. The zero-order valence-electron chi connectivity index (χ0n) is 10.2. The molecule has 1 amide bonds. The molecule has 1 rings (SSSR count). The molecule has 0 saturated carbocycles. The molecule has 0 aliphatic rings. The fourth-order valence-corrected chi connectivity index (χ4v) is 2.27. The van der Waals surface area contributed by atoms with Crippen LogP contribution >= 0.6 is 11.8 Å². The van der Waals surface area contributed by atoms with Gasteiger partial charge in [-0.1, -0.05) is 6.07 Å². The van der Waals surface area contributed by atoms with E-state index >= 15 is 0 Å². The first-order valence-corrected chi connectivity index (χ1v) is 6.51. The van der Waals surface area contributed by atoms with E-state index in [0.717, 1.165) is 22.6 Å². The molecule has 0 spiro atoms. The Morgan fingerprint density at radius 3 is 2.88 bits per heavy atom. The Morgan fingerprint density at radius 2 is 2.29 bits per heavy atom. The molecule has 0 bridgehead atoms. The molecule has 0 unspecified atom stereocenters. The number of ether oxygens (including phenoxy) is 1. The van der Waals surface area contributed by atoms with Crippen LogP contribution in [0.3, 0.4) is 0 Å². The van der Waals surface area contributed by atoms with Crippen LogP contribution in [0.1, 0.15) is 11.1 Å². The number of rotatable bonds is 6. The lowest BCUT2D eigenvalue weighted by Gasteiger charge is -2.09. The molecule has 4 nitrogen and oxygen atoms in total. The van der Waals surface area contributed by atoms with Crippen LogP contribution in [-0.4, -0.2) is 25.8 Å². The van der Waals surface area contributed by atoms with E-state index in [0.29, 0.717) is 12.3 Å². The molecule has 0 atom stereocenters. The molecular weight excluding hydrogens is 236 g/mol. The number of amides is 1. The summed E-state index contributed by atoms with van der Waals surface area (Å²) in [6.45, 7) is 0.511. The van der Waals surface area contributed by atoms with Gasteiger partial charge in [0.05, 0.1) is 12.9 Å². The molecule has 1 aromatic carbocycles. The normalized spacial score (nSPS) is 10.1. The van der Waals surface area contributed by atoms with Crippen molar-refractivity contribution in [3.8, 4) is 5.75 Å². The van der Waals surface area contributed by atoms with Gasteiger partial charge in [0, 0.05) is 24.9 Å². The number of carbonyl (C=O) groups is 1. The van der Waals surface area contributed by atoms with Gasteiger partial charge in [-0.05, 0) is 17.7 Å². The number of hydrogen-bond acceptors (Lipinski definition) is 4. The lowest BCUT2D eigenvalue weighted by Crippen LogP contribution is -2.19. The van der Waals surface area contributed by atoms with Gasteiger partial charge in [-0.3, -0.25) is 4.79 Å². The van der Waals surface area contributed by atoms with Gasteiger partial charge >= 0.3 is 0 Å². The summed E-state index contributed by atoms with van der Waals surface area (Å²) in [5, 5.41) is 2.59. The van der Waals surface area contributed by atoms with E-state index in [1.807, 2.05) is 18.2 Å². The summed E-state index contributed by atoms with van der Waals surface area (Å²) in [5.41, 5.74) is 7.74. The SMILES string of the molecule is CNC(=O)CSCc1cc(CN)ccc1OC. The van der Waals surface area contributed by atoms with Crippen LogP contribution in [0.5, 0.6) is 5.75 Å². The van der Waals surface area contributed by atoms with Crippen LogP contribution in [-0.2, 0) is 17.1 Å². The minimum absolute atomic E-state index is 0.0314. The third kappa shape index (κ3) is 4.28. The third-order valence-electron chi connectivity index (χ3n) is 2.35. The molecule has 0 saturated heterocycles. The number of nitrogens with one attached hydrogen (secondary N) is 1. The van der Waals surface area contributed by atoms with E-state index in [-0.39, 0.29) is 5.91 Å². The maximum Gasteiger partial charge on any atom is 0.229 e. The average Bonchev–Trinajstić information content (AvgIpc) is 2.38. The van der Waals surface area contributed by atoms with Gasteiger partial charge in [0.15, 0.2) is 0 Å². The van der Waals surface area contributed by atoms with E-state index in [9.17, 15) is 4.79 Å². The first-order valence-electron chi connectivity index (χ1n) is 5.35. The Bertz CT molecular complexity index is 383. The molecule has 17 heavy (non-hydrogen) atoms. The van der Waals surface area contributed by atoms with Crippen molar-refractivity contribution < 1.29 is 9.53 Å². The monoisotopic (exact) mass is 254 g/mol. The average molecular weight is 254 g/mol. The predicted molar refractivity (Wildman–Crippen MR) is 71.1 cm³/mol. The maximum absolute atomic E-state index is 11.1. The molecule has 0 aliphatic heterocycles. The first-order chi connectivity index (χ1) is 8.21. The van der Waals surface area contributed by atoms with Crippen LogP contribution in [0.2, 0.25) is 0 Å². The highest BCUT2D eigenvalue weighted by Gasteiger charge is 2.05. The number of thioether (sulfide) groups is 1. The third-order valence-corrected chi connectivity index (χ3v) is 3.33. The summed E-state index contributed by atoms with van der Waals surface area (Å²) in [5.74, 6) is 2.06. The summed E-state index contributed by atoms with van der Waals surface area (Å²) in [6, 6.07) is 5.89. The fourth-order valence-electron chi connectivity index (χ4n) is 1.40. The molecule has 0 heterocycles. The standard InChI is InChI=1S/C12H18N2O2S/c1-14-12(15)8-17-7-10-5-9(6-13)3-4-11(10)16-2/h3-5H,6-8,13H2,1-2H3,(H,14,15). The predicted octanol–water partition coefficient (Wildman–Crippen LogP) is 1.13. The second kappa shape index (κ2) is 7.19. The second-order valence-corrected chi connectivity index (χ2v) is 4.50. The summed E-state index contributed by atoms with van der Waals surface area (Å²) in [6.07, 6.45) is 0. The lowest BCUT2D eigenvalue weighted by atomic mass is 10.1. The van der Waals surface area contributed by atoms with E-state index in [2.05, 4.69) is 5.32 Å². The van der Waals surface area contributed by atoms with Crippen LogP contribution in [0.4, 0.5) is 0 Å². The molecular formula is C12H18N2O2S. The Balaban J connectivity index is 2.64. The summed E-state index contributed by atoms with van der Waals surface area (Å²) < 4.78 is 5.27. The highest BCUT2D eigenvalue weighted by atomic mass is 32.2. The van der Waals surface area contributed by atoms with E-state index in [4.69, 9.17) is 10.5 Å². The van der Waals surface area contributed by atoms with Crippen LogP contribution < -0.4 is 15.8 Å². The number of hydrogen-bond donors (Lipinski definition) is 2. The Labute approximate surface area is 106 Å². The van der Waals surface area contributed by atoms with Gasteiger partial charge in [0.2, 0.25) is 5.91 Å². The quantitative estimate of drug-likeness (QED) is 0.799. The van der Waals surface area contributed by atoms with Gasteiger partial charge in [0.1, 0.15) is 5.75 Å². The molecule has 3 N–H and O–H groups in total. The van der Waals surface area contributed by atoms with Gasteiger partial charge in [-0.15, -0.1) is 11.8 Å². The molecule has 0 radical (unpaired) electrons. The zero-order chi connectivity index (χ0) is 12.7. The molecule has 94 valence electrons. The van der Waals surface area contributed by atoms with Crippen molar-refractivity contribution in [3.05, 3.63) is 29.3 Å². The number of nitrogens with two attached hydrogens (primary N) is 1. The van der Waals surface area contributed by atoms with Crippen molar-refractivity contribution in [2.24, 2.45) is 5.73 Å². The lowest BCUT2D eigenvalue weighted by molar-refractivity contribution is -0.118. The van der Waals surface area contributed by atoms with E-state index < -0.39 is 0 Å². The molecule has 5 heteroatoms. The van der Waals surface area contributed by atoms with Gasteiger partial charge in [0.25, 0.3) is 0 Å². The molecule has 1 aromatic rings. The highest BCUT2D eigenvalue weighted by Crippen LogP contribution is 2.24. The smallest absolute Gasteiger partial charge is 0.229 e. The molecule has 0 aliphatic carbocycles. The van der Waals surface area contributed by atoms with Gasteiger partial charge in [-0.25, -0.2) is 0 Å². The van der Waals surface area contributed by atoms with Gasteiger partial charge in [-0.2, -0.15) is 0 Å². The van der Waals surface area contributed by atoms with Crippen molar-refractivity contribution in [2.45, 2.75) is 12.3 Å². The van der Waals surface area contributed by atoms with E-state index in [1.165, 1.54) is 0 Å². The van der Waals surface area contributed by atoms with Gasteiger partial charge < -0.3 is 15.8 Å². The summed E-state index contributed by atoms with van der Waals surface area (Å²) in [4.78, 5) is 11.1. The fraction of sp³-hybridized carbons (Fsp3) is 0.417. The molecule has 0 aromatic heterocycles. The summed E-state index contributed by atoms with van der Waals surface area (Å²) >= 11 is 1.55. The van der Waals surface area contributed by atoms with Crippen molar-refractivity contribution in [1.29, 1.82) is 0 Å². The largest absolute Gasteiger partial charge is 0.496 e. The minimum atomic E-state index is 0.0314. The van der Waals surface area contributed by atoms with Crippen molar-refractivity contribution >= 4 is 17.7 Å². The van der Waals surface area contributed by atoms with Crippen LogP contribution in [0.25, 0.3) is 0 Å². The number of carbonyl (C=O) groups excluding carboxylic acids is 1. The van der Waals surface area contributed by atoms with Crippen molar-refractivity contribution in [3.63, 3.8) is 0 Å². The zero-order valence-corrected chi connectivity index (χ0v) is 11.0. The van der Waals surface area contributed by atoms with E-state index in [1.54, 1.807) is 25.9 Å². The second-order valence-electron chi connectivity index (χ2n) is 3.52.